The van der Waals surface area contributed by atoms with E-state index >= 15 is 0 Å². The van der Waals surface area contributed by atoms with Crippen LogP contribution in [0.3, 0.4) is 0 Å². The number of fused-ring (bicyclic) bond motifs is 1. The molecule has 0 saturated carbocycles. The van der Waals surface area contributed by atoms with Gasteiger partial charge in [-0.2, -0.15) is 0 Å². The number of rotatable bonds is 6. The molecular formula is C21H29N5O2. The van der Waals surface area contributed by atoms with E-state index in [0.29, 0.717) is 12.2 Å². The summed E-state index contributed by atoms with van der Waals surface area (Å²) in [6, 6.07) is 8.03. The van der Waals surface area contributed by atoms with Crippen molar-refractivity contribution in [2.24, 2.45) is 5.84 Å². The Morgan fingerprint density at radius 3 is 2.86 bits per heavy atom. The summed E-state index contributed by atoms with van der Waals surface area (Å²) >= 11 is 0. The Labute approximate surface area is 166 Å². The lowest BCUT2D eigenvalue weighted by molar-refractivity contribution is -0.140. The number of carbonyl (C=O) groups is 1. The zero-order valence-electron chi connectivity index (χ0n) is 16.8. The molecule has 0 fully saturated rings. The van der Waals surface area contributed by atoms with Crippen molar-refractivity contribution in [1.29, 1.82) is 0 Å². The van der Waals surface area contributed by atoms with Crippen molar-refractivity contribution in [2.45, 2.75) is 39.2 Å². The summed E-state index contributed by atoms with van der Waals surface area (Å²) in [4.78, 5) is 17.0. The highest BCUT2D eigenvalue weighted by molar-refractivity contribution is 5.75. The van der Waals surface area contributed by atoms with Crippen LogP contribution in [0.15, 0.2) is 24.3 Å². The van der Waals surface area contributed by atoms with Gasteiger partial charge in [-0.3, -0.25) is 9.78 Å². The standard InChI is InChI=1S/C21H29N5O2/c1-4-26(23)19-8-6-15(13(2)21(19)22)16(11-20(27)28-3)17-7-5-14-9-10-24-12-18(14)25-17/h5-8,16,24H,4,9-12,22-23H2,1-3H3. The summed E-state index contributed by atoms with van der Waals surface area (Å²) in [5.41, 5.74) is 12.8. The van der Waals surface area contributed by atoms with E-state index in [9.17, 15) is 4.79 Å². The molecule has 1 aromatic heterocycles. The molecule has 2 heterocycles. The number of carbonyl (C=O) groups excluding carboxylic acids is 1. The van der Waals surface area contributed by atoms with Gasteiger partial charge in [-0.1, -0.05) is 12.1 Å². The van der Waals surface area contributed by atoms with Crippen LogP contribution in [0.1, 0.15) is 47.3 Å². The summed E-state index contributed by atoms with van der Waals surface area (Å²) in [6.45, 7) is 6.28. The van der Waals surface area contributed by atoms with Gasteiger partial charge in [-0.05, 0) is 55.6 Å². The number of benzene rings is 1. The summed E-state index contributed by atoms with van der Waals surface area (Å²) in [6.07, 6.45) is 1.17. The van der Waals surface area contributed by atoms with Crippen molar-refractivity contribution in [3.8, 4) is 0 Å². The van der Waals surface area contributed by atoms with Crippen LogP contribution in [-0.4, -0.2) is 31.2 Å². The maximum Gasteiger partial charge on any atom is 0.306 e. The molecule has 0 radical (unpaired) electrons. The summed E-state index contributed by atoms with van der Waals surface area (Å²) < 4.78 is 4.95. The predicted octanol–water partition coefficient (Wildman–Crippen LogP) is 2.01. The van der Waals surface area contributed by atoms with E-state index in [4.69, 9.17) is 21.3 Å². The number of methoxy groups -OCH3 is 1. The van der Waals surface area contributed by atoms with Gasteiger partial charge in [-0.15, -0.1) is 0 Å². The van der Waals surface area contributed by atoms with Crippen LogP contribution in [0.4, 0.5) is 11.4 Å². The highest BCUT2D eigenvalue weighted by Crippen LogP contribution is 2.36. The van der Waals surface area contributed by atoms with Gasteiger partial charge in [0.2, 0.25) is 0 Å². The van der Waals surface area contributed by atoms with Gasteiger partial charge in [0.15, 0.2) is 0 Å². The fourth-order valence-corrected chi connectivity index (χ4v) is 3.70. The number of esters is 1. The van der Waals surface area contributed by atoms with Crippen LogP contribution < -0.4 is 21.9 Å². The molecule has 0 bridgehead atoms. The lowest BCUT2D eigenvalue weighted by atomic mass is 9.87. The highest BCUT2D eigenvalue weighted by atomic mass is 16.5. The molecule has 0 aliphatic carbocycles. The number of nitrogen functional groups attached to an aromatic ring is 1. The van der Waals surface area contributed by atoms with Gasteiger partial charge in [0.05, 0.1) is 30.6 Å². The number of aromatic nitrogens is 1. The molecule has 0 amide bonds. The van der Waals surface area contributed by atoms with Crippen molar-refractivity contribution in [2.75, 3.05) is 30.9 Å². The van der Waals surface area contributed by atoms with Crippen molar-refractivity contribution >= 4 is 17.3 Å². The van der Waals surface area contributed by atoms with E-state index in [1.54, 1.807) is 5.01 Å². The number of hydrogen-bond acceptors (Lipinski definition) is 7. The number of nitrogens with one attached hydrogen (secondary N) is 1. The fourth-order valence-electron chi connectivity index (χ4n) is 3.70. The molecule has 150 valence electrons. The minimum Gasteiger partial charge on any atom is -0.469 e. The Morgan fingerprint density at radius 1 is 1.36 bits per heavy atom. The number of nitrogens with two attached hydrogens (primary N) is 2. The first-order chi connectivity index (χ1) is 13.5. The Kier molecular flexibility index (Phi) is 6.16. The van der Waals surface area contributed by atoms with Crippen LogP contribution in [0.2, 0.25) is 0 Å². The van der Waals surface area contributed by atoms with Gasteiger partial charge >= 0.3 is 5.97 Å². The fraction of sp³-hybridized carbons (Fsp3) is 0.429. The number of anilines is 2. The SMILES string of the molecule is CCN(N)c1ccc(C(CC(=O)OC)c2ccc3c(n2)CNCC3)c(C)c1N. The van der Waals surface area contributed by atoms with Crippen molar-refractivity contribution in [3.05, 3.63) is 52.3 Å². The molecule has 0 saturated heterocycles. The van der Waals surface area contributed by atoms with Crippen LogP contribution in [-0.2, 0) is 22.5 Å². The predicted molar refractivity (Wildman–Crippen MR) is 111 cm³/mol. The van der Waals surface area contributed by atoms with Gasteiger partial charge < -0.3 is 20.8 Å². The lowest BCUT2D eigenvalue weighted by Crippen LogP contribution is -2.31. The highest BCUT2D eigenvalue weighted by Gasteiger charge is 2.25. The van der Waals surface area contributed by atoms with Crippen molar-refractivity contribution in [3.63, 3.8) is 0 Å². The third-order valence-electron chi connectivity index (χ3n) is 5.47. The minimum absolute atomic E-state index is 0.204. The zero-order chi connectivity index (χ0) is 20.3. The molecule has 2 aromatic rings. The lowest BCUT2D eigenvalue weighted by Gasteiger charge is -2.25. The van der Waals surface area contributed by atoms with Gasteiger partial charge in [0.25, 0.3) is 0 Å². The third kappa shape index (κ3) is 3.95. The van der Waals surface area contributed by atoms with Gasteiger partial charge in [0, 0.05) is 24.7 Å². The number of nitrogens with zero attached hydrogens (tertiary/aromatic N) is 2. The maximum atomic E-state index is 12.2. The molecule has 1 aliphatic rings. The Hall–Kier alpha value is -2.64. The van der Waals surface area contributed by atoms with E-state index in [1.807, 2.05) is 32.0 Å². The smallest absolute Gasteiger partial charge is 0.306 e. The third-order valence-corrected chi connectivity index (χ3v) is 5.47. The van der Waals surface area contributed by atoms with E-state index in [2.05, 4.69) is 11.4 Å². The largest absolute Gasteiger partial charge is 0.469 e. The molecule has 7 nitrogen and oxygen atoms in total. The van der Waals surface area contributed by atoms with E-state index in [0.717, 1.165) is 47.7 Å². The first-order valence-corrected chi connectivity index (χ1v) is 9.63. The molecule has 7 heteroatoms. The first-order valence-electron chi connectivity index (χ1n) is 9.63. The zero-order valence-corrected chi connectivity index (χ0v) is 16.8. The van der Waals surface area contributed by atoms with Crippen LogP contribution >= 0.6 is 0 Å². The van der Waals surface area contributed by atoms with Crippen LogP contribution in [0, 0.1) is 6.92 Å². The number of ether oxygens (including phenoxy) is 1. The van der Waals surface area contributed by atoms with E-state index in [1.165, 1.54) is 12.7 Å². The molecule has 1 atom stereocenters. The number of pyridine rings is 1. The second-order valence-electron chi connectivity index (χ2n) is 7.10. The summed E-state index contributed by atoms with van der Waals surface area (Å²) in [5, 5.41) is 4.97. The maximum absolute atomic E-state index is 12.2. The Balaban J connectivity index is 2.06. The molecular weight excluding hydrogens is 354 g/mol. The Bertz CT molecular complexity index is 868. The molecule has 1 aromatic carbocycles. The van der Waals surface area contributed by atoms with Gasteiger partial charge in [0.1, 0.15) is 0 Å². The average Bonchev–Trinajstić information content (AvgIpc) is 2.73. The van der Waals surface area contributed by atoms with Gasteiger partial charge in [-0.25, -0.2) is 5.84 Å². The van der Waals surface area contributed by atoms with Crippen molar-refractivity contribution < 1.29 is 9.53 Å². The topological polar surface area (TPSA) is 106 Å². The monoisotopic (exact) mass is 383 g/mol. The van der Waals surface area contributed by atoms with E-state index < -0.39 is 0 Å². The number of hydrogen-bond donors (Lipinski definition) is 3. The molecule has 5 N–H and O–H groups in total. The summed E-state index contributed by atoms with van der Waals surface area (Å²) in [5.74, 6) is 5.53. The average molecular weight is 383 g/mol. The first kappa shape index (κ1) is 20.1. The molecule has 3 rings (SSSR count). The molecule has 0 spiro atoms. The van der Waals surface area contributed by atoms with Crippen molar-refractivity contribution in [1.82, 2.24) is 10.3 Å². The number of hydrazine groups is 1. The quantitative estimate of drug-likeness (QED) is 0.303. The molecule has 1 aliphatic heterocycles. The van der Waals surface area contributed by atoms with E-state index in [-0.39, 0.29) is 18.3 Å². The Morgan fingerprint density at radius 2 is 2.14 bits per heavy atom. The molecule has 28 heavy (non-hydrogen) atoms. The minimum atomic E-state index is -0.279. The summed E-state index contributed by atoms with van der Waals surface area (Å²) in [7, 11) is 1.40. The second-order valence-corrected chi connectivity index (χ2v) is 7.10. The molecule has 1 unspecified atom stereocenters. The normalized spacial score (nSPS) is 14.3. The van der Waals surface area contributed by atoms with Crippen LogP contribution in [0.25, 0.3) is 0 Å². The van der Waals surface area contributed by atoms with Crippen LogP contribution in [0.5, 0.6) is 0 Å². The second kappa shape index (κ2) is 8.58.